The van der Waals surface area contributed by atoms with Crippen LogP contribution in [0.4, 0.5) is 0 Å². The van der Waals surface area contributed by atoms with Crippen molar-refractivity contribution < 1.29 is 4.79 Å². The average molecular weight is 257 g/mol. The summed E-state index contributed by atoms with van der Waals surface area (Å²) < 4.78 is 0. The number of hydrogen-bond donors (Lipinski definition) is 2. The maximum atomic E-state index is 11.8. The third-order valence-electron chi connectivity index (χ3n) is 2.65. The van der Waals surface area contributed by atoms with Gasteiger partial charge in [-0.3, -0.25) is 4.79 Å². The molecule has 1 N–H and O–H groups in total. The summed E-state index contributed by atoms with van der Waals surface area (Å²) in [6.07, 6.45) is 0.812. The molecule has 0 aromatic heterocycles. The highest BCUT2D eigenvalue weighted by atomic mass is 32.1. The summed E-state index contributed by atoms with van der Waals surface area (Å²) in [5.74, 6) is -0.0300. The summed E-state index contributed by atoms with van der Waals surface area (Å²) in [5, 5.41) is 2.90. The number of amides is 1. The van der Waals surface area contributed by atoms with E-state index in [1.54, 1.807) is 0 Å². The molecule has 92 valence electrons. The first kappa shape index (κ1) is 12.7. The SMILES string of the molecule is O=C(NCCc1cccc(S)c1)c1ccccc1. The monoisotopic (exact) mass is 257 g/mol. The third-order valence-corrected chi connectivity index (χ3v) is 2.92. The minimum Gasteiger partial charge on any atom is -0.352 e. The molecule has 0 aliphatic carbocycles. The molecule has 0 atom stereocenters. The van der Waals surface area contributed by atoms with E-state index in [2.05, 4.69) is 17.9 Å². The summed E-state index contributed by atoms with van der Waals surface area (Å²) in [6.45, 7) is 0.630. The molecule has 0 heterocycles. The summed E-state index contributed by atoms with van der Waals surface area (Å²) in [6, 6.07) is 17.2. The molecule has 0 bridgehead atoms. The highest BCUT2D eigenvalue weighted by Crippen LogP contribution is 2.09. The molecule has 0 saturated heterocycles. The fourth-order valence-corrected chi connectivity index (χ4v) is 1.98. The van der Waals surface area contributed by atoms with Crippen molar-refractivity contribution in [2.24, 2.45) is 0 Å². The van der Waals surface area contributed by atoms with Gasteiger partial charge in [0, 0.05) is 17.0 Å². The van der Waals surface area contributed by atoms with Gasteiger partial charge in [-0.1, -0.05) is 30.3 Å². The Labute approximate surface area is 112 Å². The third kappa shape index (κ3) is 3.64. The quantitative estimate of drug-likeness (QED) is 0.810. The lowest BCUT2D eigenvalue weighted by Crippen LogP contribution is -2.25. The second-order valence-corrected chi connectivity index (χ2v) is 4.56. The van der Waals surface area contributed by atoms with Crippen molar-refractivity contribution in [3.63, 3.8) is 0 Å². The molecular formula is C15H15NOS. The Bertz CT molecular complexity index is 525. The van der Waals surface area contributed by atoms with E-state index in [9.17, 15) is 4.79 Å². The van der Waals surface area contributed by atoms with Crippen LogP contribution in [0, 0.1) is 0 Å². The van der Waals surface area contributed by atoms with E-state index in [-0.39, 0.29) is 5.91 Å². The van der Waals surface area contributed by atoms with Crippen LogP contribution in [0.15, 0.2) is 59.5 Å². The largest absolute Gasteiger partial charge is 0.352 e. The zero-order chi connectivity index (χ0) is 12.8. The van der Waals surface area contributed by atoms with Gasteiger partial charge in [-0.15, -0.1) is 12.6 Å². The molecule has 2 rings (SSSR count). The van der Waals surface area contributed by atoms with Crippen molar-refractivity contribution in [2.75, 3.05) is 6.54 Å². The van der Waals surface area contributed by atoms with E-state index in [4.69, 9.17) is 0 Å². The summed E-state index contributed by atoms with van der Waals surface area (Å²) in [5.41, 5.74) is 1.87. The Morgan fingerprint density at radius 1 is 1.06 bits per heavy atom. The Morgan fingerprint density at radius 2 is 1.83 bits per heavy atom. The predicted molar refractivity (Wildman–Crippen MR) is 76.2 cm³/mol. The molecular weight excluding hydrogens is 242 g/mol. The number of benzene rings is 2. The molecule has 0 saturated carbocycles. The molecule has 1 amide bonds. The maximum Gasteiger partial charge on any atom is 0.251 e. The zero-order valence-corrected chi connectivity index (χ0v) is 10.9. The van der Waals surface area contributed by atoms with Gasteiger partial charge in [-0.05, 0) is 36.2 Å². The van der Waals surface area contributed by atoms with Crippen LogP contribution in [0.1, 0.15) is 15.9 Å². The maximum absolute atomic E-state index is 11.8. The molecule has 0 radical (unpaired) electrons. The van der Waals surface area contributed by atoms with Gasteiger partial charge in [-0.2, -0.15) is 0 Å². The molecule has 0 unspecified atom stereocenters. The zero-order valence-electron chi connectivity index (χ0n) is 9.97. The summed E-state index contributed by atoms with van der Waals surface area (Å²) >= 11 is 4.29. The molecule has 2 aromatic carbocycles. The molecule has 0 aliphatic rings. The molecule has 0 spiro atoms. The topological polar surface area (TPSA) is 29.1 Å². The van der Waals surface area contributed by atoms with Crippen LogP contribution in [0.2, 0.25) is 0 Å². The normalized spacial score (nSPS) is 10.1. The highest BCUT2D eigenvalue weighted by Gasteiger charge is 2.03. The summed E-state index contributed by atoms with van der Waals surface area (Å²) in [7, 11) is 0. The Kier molecular flexibility index (Phi) is 4.42. The fraction of sp³-hybridized carbons (Fsp3) is 0.133. The molecule has 0 aliphatic heterocycles. The first-order valence-corrected chi connectivity index (χ1v) is 6.31. The fourth-order valence-electron chi connectivity index (χ4n) is 1.72. The summed E-state index contributed by atoms with van der Waals surface area (Å²) in [4.78, 5) is 12.7. The van der Waals surface area contributed by atoms with Gasteiger partial charge in [0.2, 0.25) is 0 Å². The standard InChI is InChI=1S/C15H15NOS/c17-15(13-6-2-1-3-7-13)16-10-9-12-5-4-8-14(18)11-12/h1-8,11,18H,9-10H2,(H,16,17). The molecule has 3 heteroatoms. The average Bonchev–Trinajstić information content (AvgIpc) is 2.40. The lowest BCUT2D eigenvalue weighted by Gasteiger charge is -2.05. The smallest absolute Gasteiger partial charge is 0.251 e. The van der Waals surface area contributed by atoms with Gasteiger partial charge in [0.05, 0.1) is 0 Å². The number of carbonyl (C=O) groups excluding carboxylic acids is 1. The van der Waals surface area contributed by atoms with E-state index in [1.165, 1.54) is 5.56 Å². The van der Waals surface area contributed by atoms with Crippen LogP contribution < -0.4 is 5.32 Å². The van der Waals surface area contributed by atoms with E-state index < -0.39 is 0 Å². The van der Waals surface area contributed by atoms with Gasteiger partial charge in [0.25, 0.3) is 5.91 Å². The van der Waals surface area contributed by atoms with Gasteiger partial charge >= 0.3 is 0 Å². The first-order chi connectivity index (χ1) is 8.75. The Balaban J connectivity index is 1.84. The lowest BCUT2D eigenvalue weighted by molar-refractivity contribution is 0.0954. The van der Waals surface area contributed by atoms with E-state index >= 15 is 0 Å². The minimum atomic E-state index is -0.0300. The Hall–Kier alpha value is -1.74. The number of thiol groups is 1. The lowest BCUT2D eigenvalue weighted by atomic mass is 10.1. The van der Waals surface area contributed by atoms with Crippen LogP contribution in [0.25, 0.3) is 0 Å². The van der Waals surface area contributed by atoms with Crippen molar-refractivity contribution in [1.82, 2.24) is 5.32 Å². The number of nitrogens with one attached hydrogen (secondary N) is 1. The van der Waals surface area contributed by atoms with Crippen molar-refractivity contribution in [1.29, 1.82) is 0 Å². The van der Waals surface area contributed by atoms with Gasteiger partial charge in [-0.25, -0.2) is 0 Å². The molecule has 18 heavy (non-hydrogen) atoms. The predicted octanol–water partition coefficient (Wildman–Crippen LogP) is 2.95. The van der Waals surface area contributed by atoms with Crippen LogP contribution in [-0.4, -0.2) is 12.5 Å². The molecule has 2 aromatic rings. The van der Waals surface area contributed by atoms with E-state index in [0.717, 1.165) is 11.3 Å². The number of carbonyl (C=O) groups is 1. The van der Waals surface area contributed by atoms with E-state index in [0.29, 0.717) is 12.1 Å². The second-order valence-electron chi connectivity index (χ2n) is 4.04. The van der Waals surface area contributed by atoms with Crippen molar-refractivity contribution in [3.05, 3.63) is 65.7 Å². The van der Waals surface area contributed by atoms with Crippen molar-refractivity contribution >= 4 is 18.5 Å². The molecule has 0 fully saturated rings. The van der Waals surface area contributed by atoms with Crippen LogP contribution in [-0.2, 0) is 6.42 Å². The molecule has 2 nitrogen and oxygen atoms in total. The van der Waals surface area contributed by atoms with Crippen LogP contribution in [0.3, 0.4) is 0 Å². The second kappa shape index (κ2) is 6.26. The number of hydrogen-bond acceptors (Lipinski definition) is 2. The van der Waals surface area contributed by atoms with E-state index in [1.807, 2.05) is 54.6 Å². The van der Waals surface area contributed by atoms with Gasteiger partial charge in [0.15, 0.2) is 0 Å². The first-order valence-electron chi connectivity index (χ1n) is 5.87. The van der Waals surface area contributed by atoms with Crippen LogP contribution >= 0.6 is 12.6 Å². The van der Waals surface area contributed by atoms with Gasteiger partial charge in [0.1, 0.15) is 0 Å². The Morgan fingerprint density at radius 3 is 2.56 bits per heavy atom. The van der Waals surface area contributed by atoms with Gasteiger partial charge < -0.3 is 5.32 Å². The highest BCUT2D eigenvalue weighted by molar-refractivity contribution is 7.80. The van der Waals surface area contributed by atoms with Crippen molar-refractivity contribution in [2.45, 2.75) is 11.3 Å². The number of rotatable bonds is 4. The van der Waals surface area contributed by atoms with Crippen molar-refractivity contribution in [3.8, 4) is 0 Å². The minimum absolute atomic E-state index is 0.0300. The van der Waals surface area contributed by atoms with Crippen LogP contribution in [0.5, 0.6) is 0 Å².